The molecule has 3 aromatic rings. The van der Waals surface area contributed by atoms with Crippen molar-refractivity contribution in [3.63, 3.8) is 0 Å². The highest BCUT2D eigenvalue weighted by Crippen LogP contribution is 2.57. The molecule has 2 nitrogen and oxygen atoms in total. The first-order valence-corrected chi connectivity index (χ1v) is 12.3. The highest BCUT2D eigenvalue weighted by molar-refractivity contribution is 5.82. The van der Waals surface area contributed by atoms with E-state index in [1.807, 2.05) is 0 Å². The van der Waals surface area contributed by atoms with Gasteiger partial charge in [-0.15, -0.1) is 0 Å². The molecule has 1 saturated carbocycles. The summed E-state index contributed by atoms with van der Waals surface area (Å²) in [5, 5.41) is 5.22. The number of hydrogen-bond donors (Lipinski definition) is 2. The van der Waals surface area contributed by atoms with E-state index in [4.69, 9.17) is 0 Å². The van der Waals surface area contributed by atoms with Crippen molar-refractivity contribution in [3.05, 3.63) is 70.9 Å². The lowest BCUT2D eigenvalue weighted by Crippen LogP contribution is -2.52. The number of aromatic amines is 1. The highest BCUT2D eigenvalue weighted by Gasteiger charge is 2.51. The minimum atomic E-state index is 0.318. The first-order valence-electron chi connectivity index (χ1n) is 12.3. The number of hydrogen-bond acceptors (Lipinski definition) is 1. The van der Waals surface area contributed by atoms with E-state index in [1.54, 1.807) is 11.1 Å². The molecule has 1 aromatic heterocycles. The van der Waals surface area contributed by atoms with E-state index in [-0.39, 0.29) is 0 Å². The molecule has 2 heteroatoms. The van der Waals surface area contributed by atoms with Gasteiger partial charge in [0.2, 0.25) is 0 Å². The molecule has 1 fully saturated rings. The van der Waals surface area contributed by atoms with Crippen molar-refractivity contribution in [3.8, 4) is 0 Å². The number of benzene rings is 2. The molecule has 3 atom stereocenters. The predicted octanol–water partition coefficient (Wildman–Crippen LogP) is 7.09. The van der Waals surface area contributed by atoms with Gasteiger partial charge in [0, 0.05) is 30.2 Å². The van der Waals surface area contributed by atoms with Gasteiger partial charge in [-0.2, -0.15) is 0 Å². The summed E-state index contributed by atoms with van der Waals surface area (Å²) < 4.78 is 0. The molecule has 2 aliphatic rings. The Bertz CT molecular complexity index is 1080. The third-order valence-corrected chi connectivity index (χ3v) is 8.69. The lowest BCUT2D eigenvalue weighted by molar-refractivity contribution is 0.0257. The van der Waals surface area contributed by atoms with Crippen LogP contribution in [-0.4, -0.2) is 11.5 Å². The van der Waals surface area contributed by atoms with Crippen LogP contribution in [0, 0.1) is 11.3 Å². The zero-order valence-corrected chi connectivity index (χ0v) is 19.7. The number of para-hydroxylation sites is 1. The van der Waals surface area contributed by atoms with Crippen LogP contribution < -0.4 is 5.32 Å². The van der Waals surface area contributed by atoms with Gasteiger partial charge in [0.1, 0.15) is 0 Å². The maximum Gasteiger partial charge on any atom is 0.0457 e. The molecule has 2 aromatic carbocycles. The zero-order valence-electron chi connectivity index (χ0n) is 19.7. The number of fused-ring (bicyclic) bond motifs is 4. The average molecular weight is 415 g/mol. The van der Waals surface area contributed by atoms with Gasteiger partial charge in [0.05, 0.1) is 0 Å². The second-order valence-corrected chi connectivity index (χ2v) is 11.1. The maximum atomic E-state index is 3.87. The maximum absolute atomic E-state index is 3.87. The average Bonchev–Trinajstić information content (AvgIpc) is 3.16. The number of H-pyrrole nitrogens is 1. The quantitative estimate of drug-likeness (QED) is 0.458. The molecule has 0 saturated heterocycles. The fraction of sp³-hybridized carbons (Fsp3) is 0.517. The van der Waals surface area contributed by atoms with Gasteiger partial charge in [0.25, 0.3) is 0 Å². The van der Waals surface area contributed by atoms with E-state index in [2.05, 4.69) is 86.7 Å². The molecule has 0 unspecified atom stereocenters. The molecule has 164 valence electrons. The summed E-state index contributed by atoms with van der Waals surface area (Å²) in [5.41, 5.74) is 8.07. The Hall–Kier alpha value is -2.06. The van der Waals surface area contributed by atoms with Gasteiger partial charge in [0.15, 0.2) is 0 Å². The molecule has 0 aliphatic heterocycles. The third kappa shape index (κ3) is 3.53. The van der Waals surface area contributed by atoms with Gasteiger partial charge in [-0.3, -0.25) is 0 Å². The van der Waals surface area contributed by atoms with Crippen LogP contribution in [0.25, 0.3) is 10.9 Å². The summed E-state index contributed by atoms with van der Waals surface area (Å²) >= 11 is 0. The number of aryl methyl sites for hydroxylation is 1. The molecule has 31 heavy (non-hydrogen) atoms. The molecular weight excluding hydrogens is 376 g/mol. The number of rotatable bonds is 5. The molecule has 2 aliphatic carbocycles. The smallest absolute Gasteiger partial charge is 0.0457 e. The summed E-state index contributed by atoms with van der Waals surface area (Å²) in [6, 6.07) is 16.0. The first kappa shape index (κ1) is 20.8. The van der Waals surface area contributed by atoms with Crippen LogP contribution in [0.3, 0.4) is 0 Å². The van der Waals surface area contributed by atoms with Crippen LogP contribution >= 0.6 is 0 Å². The van der Waals surface area contributed by atoms with E-state index in [0.717, 1.165) is 19.0 Å². The van der Waals surface area contributed by atoms with Crippen molar-refractivity contribution in [2.45, 2.75) is 77.7 Å². The van der Waals surface area contributed by atoms with E-state index >= 15 is 0 Å². The molecule has 0 amide bonds. The van der Waals surface area contributed by atoms with E-state index < -0.39 is 0 Å². The van der Waals surface area contributed by atoms with Crippen molar-refractivity contribution in [1.29, 1.82) is 0 Å². The van der Waals surface area contributed by atoms with Crippen molar-refractivity contribution in [1.82, 2.24) is 10.3 Å². The molecule has 0 spiro atoms. The second kappa shape index (κ2) is 7.81. The van der Waals surface area contributed by atoms with Crippen molar-refractivity contribution in [2.24, 2.45) is 11.3 Å². The minimum Gasteiger partial charge on any atom is -0.361 e. The Morgan fingerprint density at radius 3 is 2.77 bits per heavy atom. The molecule has 1 heterocycles. The van der Waals surface area contributed by atoms with Crippen LogP contribution in [0.4, 0.5) is 0 Å². The van der Waals surface area contributed by atoms with Crippen LogP contribution in [0.2, 0.25) is 0 Å². The SMILES string of the molecule is CC(C)c1ccc2c(c1)CC[C@@H]1[C@@](C)(CNCc3c[nH]c4ccccc34)CCC[C@@]21C. The highest BCUT2D eigenvalue weighted by atomic mass is 14.9. The summed E-state index contributed by atoms with van der Waals surface area (Å²) in [6.07, 6.45) is 8.76. The number of aromatic nitrogens is 1. The third-order valence-electron chi connectivity index (χ3n) is 8.69. The Balaban J connectivity index is 1.35. The molecule has 0 bridgehead atoms. The fourth-order valence-electron chi connectivity index (χ4n) is 6.98. The molecular formula is C29H38N2. The minimum absolute atomic E-state index is 0.318. The Morgan fingerprint density at radius 2 is 1.94 bits per heavy atom. The van der Waals surface area contributed by atoms with Gasteiger partial charge >= 0.3 is 0 Å². The van der Waals surface area contributed by atoms with Crippen molar-refractivity contribution < 1.29 is 0 Å². The molecule has 2 N–H and O–H groups in total. The zero-order chi connectivity index (χ0) is 21.6. The summed E-state index contributed by atoms with van der Waals surface area (Å²) in [5.74, 6) is 1.36. The fourth-order valence-corrected chi connectivity index (χ4v) is 6.98. The standard InChI is InChI=1S/C29H38N2/c1-20(2)21-10-12-25-22(16-21)11-13-27-28(3,14-7-15-29(25,27)4)19-30-17-23-18-31-26-9-6-5-8-24(23)26/h5-6,8-10,12,16,18,20,27,30-31H,7,11,13-15,17,19H2,1-4H3/t27-,28-,29+/m1/s1. The van der Waals surface area contributed by atoms with E-state index in [0.29, 0.717) is 16.7 Å². The Kier molecular flexibility index (Phi) is 5.25. The van der Waals surface area contributed by atoms with Crippen molar-refractivity contribution >= 4 is 10.9 Å². The Labute approximate surface area is 187 Å². The predicted molar refractivity (Wildman–Crippen MR) is 132 cm³/mol. The van der Waals surface area contributed by atoms with Crippen LogP contribution in [0.5, 0.6) is 0 Å². The normalized spacial score (nSPS) is 28.0. The Morgan fingerprint density at radius 1 is 1.10 bits per heavy atom. The van der Waals surface area contributed by atoms with Crippen LogP contribution in [0.15, 0.2) is 48.7 Å². The van der Waals surface area contributed by atoms with Gasteiger partial charge in [-0.1, -0.05) is 70.5 Å². The number of nitrogens with one attached hydrogen (secondary N) is 2. The van der Waals surface area contributed by atoms with Crippen molar-refractivity contribution in [2.75, 3.05) is 6.54 Å². The second-order valence-electron chi connectivity index (χ2n) is 11.1. The first-order chi connectivity index (χ1) is 14.9. The van der Waals surface area contributed by atoms with E-state index in [9.17, 15) is 0 Å². The van der Waals surface area contributed by atoms with Gasteiger partial charge < -0.3 is 10.3 Å². The lowest BCUT2D eigenvalue weighted by atomic mass is 9.49. The van der Waals surface area contributed by atoms with Gasteiger partial charge in [-0.25, -0.2) is 0 Å². The van der Waals surface area contributed by atoms with E-state index in [1.165, 1.54) is 54.1 Å². The molecule has 5 rings (SSSR count). The summed E-state index contributed by atoms with van der Waals surface area (Å²) in [4.78, 5) is 3.42. The van der Waals surface area contributed by atoms with Crippen LogP contribution in [-0.2, 0) is 18.4 Å². The lowest BCUT2D eigenvalue weighted by Gasteiger charge is -2.55. The summed E-state index contributed by atoms with van der Waals surface area (Å²) in [6.45, 7) is 11.8. The monoisotopic (exact) mass is 414 g/mol. The topological polar surface area (TPSA) is 27.8 Å². The van der Waals surface area contributed by atoms with Gasteiger partial charge in [-0.05, 0) is 76.7 Å². The molecule has 0 radical (unpaired) electrons. The largest absolute Gasteiger partial charge is 0.361 e. The van der Waals surface area contributed by atoms with Crippen LogP contribution in [0.1, 0.15) is 81.5 Å². The summed E-state index contributed by atoms with van der Waals surface area (Å²) in [7, 11) is 0.